The minimum atomic E-state index is 0.640. The van der Waals surface area contributed by atoms with E-state index in [-0.39, 0.29) is 0 Å². The van der Waals surface area contributed by atoms with E-state index >= 15 is 0 Å². The van der Waals surface area contributed by atoms with E-state index in [9.17, 15) is 0 Å². The summed E-state index contributed by atoms with van der Waals surface area (Å²) in [6, 6.07) is 2.80. The summed E-state index contributed by atoms with van der Waals surface area (Å²) in [5.41, 5.74) is 1.13. The van der Waals surface area contributed by atoms with E-state index in [1.807, 2.05) is 7.05 Å². The molecule has 1 aromatic heterocycles. The van der Waals surface area contributed by atoms with Gasteiger partial charge in [-0.15, -0.1) is 0 Å². The first kappa shape index (κ1) is 15.6. The first-order valence-corrected chi connectivity index (χ1v) is 8.05. The highest BCUT2D eigenvalue weighted by atomic mass is 35.5. The van der Waals surface area contributed by atoms with E-state index in [2.05, 4.69) is 35.1 Å². The van der Waals surface area contributed by atoms with Crippen LogP contribution in [0.1, 0.15) is 45.1 Å². The predicted octanol–water partition coefficient (Wildman–Crippen LogP) is 3.86. The summed E-state index contributed by atoms with van der Waals surface area (Å²) in [4.78, 5) is 7.08. The number of nitrogens with one attached hydrogen (secondary N) is 1. The molecule has 0 unspecified atom stereocenters. The first-order valence-electron chi connectivity index (χ1n) is 7.67. The van der Waals surface area contributed by atoms with Gasteiger partial charge in [0.05, 0.1) is 5.02 Å². The van der Waals surface area contributed by atoms with E-state index in [4.69, 9.17) is 11.6 Å². The lowest BCUT2D eigenvalue weighted by Crippen LogP contribution is -2.37. The van der Waals surface area contributed by atoms with Gasteiger partial charge in [0.2, 0.25) is 0 Å². The Hall–Kier alpha value is -0.800. The number of pyridine rings is 1. The van der Waals surface area contributed by atoms with Crippen LogP contribution in [0.15, 0.2) is 12.3 Å². The Bertz CT molecular complexity index is 428. The highest BCUT2D eigenvalue weighted by Crippen LogP contribution is 2.29. The standard InChI is InChI=1S/C16H26ClN3/c1-12(2)11-20(14-6-4-5-7-14)16-8-13(9-18-3)15(17)10-19-16/h8,10,12,14,18H,4-7,9,11H2,1-3H3. The molecule has 1 fully saturated rings. The second kappa shape index (κ2) is 7.28. The smallest absolute Gasteiger partial charge is 0.129 e. The van der Waals surface area contributed by atoms with Crippen molar-refractivity contribution in [2.24, 2.45) is 5.92 Å². The van der Waals surface area contributed by atoms with Crippen LogP contribution in [-0.4, -0.2) is 24.6 Å². The largest absolute Gasteiger partial charge is 0.353 e. The summed E-state index contributed by atoms with van der Waals surface area (Å²) in [6.45, 7) is 6.39. The second-order valence-electron chi connectivity index (χ2n) is 6.15. The Labute approximate surface area is 127 Å². The van der Waals surface area contributed by atoms with Crippen molar-refractivity contribution in [1.82, 2.24) is 10.3 Å². The Kier molecular flexibility index (Phi) is 5.67. The molecule has 0 aliphatic heterocycles. The topological polar surface area (TPSA) is 28.2 Å². The molecule has 3 nitrogen and oxygen atoms in total. The molecule has 4 heteroatoms. The zero-order valence-electron chi connectivity index (χ0n) is 12.8. The molecule has 0 spiro atoms. The summed E-state index contributed by atoms with van der Waals surface area (Å²) in [5.74, 6) is 1.72. The Morgan fingerprint density at radius 3 is 2.70 bits per heavy atom. The molecule has 0 bridgehead atoms. The molecule has 2 rings (SSSR count). The zero-order valence-corrected chi connectivity index (χ0v) is 13.6. The van der Waals surface area contributed by atoms with Crippen LogP contribution < -0.4 is 10.2 Å². The molecule has 0 aromatic carbocycles. The Morgan fingerprint density at radius 1 is 1.40 bits per heavy atom. The zero-order chi connectivity index (χ0) is 14.5. The Balaban J connectivity index is 2.24. The van der Waals surface area contributed by atoms with Gasteiger partial charge in [0.15, 0.2) is 0 Å². The fourth-order valence-electron chi connectivity index (χ4n) is 2.99. The summed E-state index contributed by atoms with van der Waals surface area (Å²) in [6.07, 6.45) is 7.06. The Morgan fingerprint density at radius 2 is 2.10 bits per heavy atom. The molecule has 112 valence electrons. The normalized spacial score (nSPS) is 16.1. The average molecular weight is 296 g/mol. The molecule has 1 heterocycles. The fraction of sp³-hybridized carbons (Fsp3) is 0.688. The average Bonchev–Trinajstić information content (AvgIpc) is 2.92. The third-order valence-corrected chi connectivity index (χ3v) is 4.25. The lowest BCUT2D eigenvalue weighted by Gasteiger charge is -2.32. The quantitative estimate of drug-likeness (QED) is 0.864. The molecule has 20 heavy (non-hydrogen) atoms. The van der Waals surface area contributed by atoms with Crippen LogP contribution in [-0.2, 0) is 6.54 Å². The molecule has 0 saturated heterocycles. The number of nitrogens with zero attached hydrogens (tertiary/aromatic N) is 2. The van der Waals surface area contributed by atoms with E-state index in [0.717, 1.165) is 29.5 Å². The van der Waals surface area contributed by atoms with Crippen LogP contribution in [0.2, 0.25) is 5.02 Å². The summed E-state index contributed by atoms with van der Waals surface area (Å²) >= 11 is 6.22. The van der Waals surface area contributed by atoms with Gasteiger partial charge in [-0.25, -0.2) is 4.98 Å². The van der Waals surface area contributed by atoms with Crippen molar-refractivity contribution in [3.05, 3.63) is 22.8 Å². The number of anilines is 1. The highest BCUT2D eigenvalue weighted by molar-refractivity contribution is 6.31. The maximum Gasteiger partial charge on any atom is 0.129 e. The number of halogens is 1. The second-order valence-corrected chi connectivity index (χ2v) is 6.56. The van der Waals surface area contributed by atoms with Crippen LogP contribution in [0.25, 0.3) is 0 Å². The van der Waals surface area contributed by atoms with Crippen LogP contribution in [0.4, 0.5) is 5.82 Å². The monoisotopic (exact) mass is 295 g/mol. The van der Waals surface area contributed by atoms with Crippen molar-refractivity contribution in [3.63, 3.8) is 0 Å². The van der Waals surface area contributed by atoms with Gasteiger partial charge in [-0.05, 0) is 37.4 Å². The summed E-state index contributed by atoms with van der Waals surface area (Å²) in [7, 11) is 1.94. The molecule has 0 radical (unpaired) electrons. The van der Waals surface area contributed by atoms with Crippen LogP contribution >= 0.6 is 11.6 Å². The van der Waals surface area contributed by atoms with E-state index in [0.29, 0.717) is 12.0 Å². The lowest BCUT2D eigenvalue weighted by atomic mass is 10.1. The van der Waals surface area contributed by atoms with Crippen molar-refractivity contribution in [2.45, 2.75) is 52.1 Å². The maximum absolute atomic E-state index is 6.22. The van der Waals surface area contributed by atoms with Crippen molar-refractivity contribution < 1.29 is 0 Å². The van der Waals surface area contributed by atoms with Gasteiger partial charge in [0.25, 0.3) is 0 Å². The van der Waals surface area contributed by atoms with Crippen molar-refractivity contribution in [2.75, 3.05) is 18.5 Å². The van der Waals surface area contributed by atoms with E-state index < -0.39 is 0 Å². The van der Waals surface area contributed by atoms with Crippen molar-refractivity contribution in [1.29, 1.82) is 0 Å². The minimum Gasteiger partial charge on any atom is -0.353 e. The van der Waals surface area contributed by atoms with Gasteiger partial charge in [0.1, 0.15) is 5.82 Å². The van der Waals surface area contributed by atoms with Gasteiger partial charge >= 0.3 is 0 Å². The van der Waals surface area contributed by atoms with E-state index in [1.165, 1.54) is 25.7 Å². The first-order chi connectivity index (χ1) is 9.61. The van der Waals surface area contributed by atoms with Crippen LogP contribution in [0.3, 0.4) is 0 Å². The lowest BCUT2D eigenvalue weighted by molar-refractivity contribution is 0.531. The molecule has 0 atom stereocenters. The minimum absolute atomic E-state index is 0.640. The van der Waals surface area contributed by atoms with E-state index in [1.54, 1.807) is 6.20 Å². The summed E-state index contributed by atoms with van der Waals surface area (Å²) < 4.78 is 0. The summed E-state index contributed by atoms with van der Waals surface area (Å²) in [5, 5.41) is 3.92. The molecule has 0 amide bonds. The molecule has 1 aromatic rings. The van der Waals surface area contributed by atoms with Gasteiger partial charge < -0.3 is 10.2 Å². The highest BCUT2D eigenvalue weighted by Gasteiger charge is 2.24. The van der Waals surface area contributed by atoms with Crippen LogP contribution in [0, 0.1) is 5.92 Å². The third kappa shape index (κ3) is 3.86. The molecular formula is C16H26ClN3. The van der Waals surface area contributed by atoms with Crippen molar-refractivity contribution in [3.8, 4) is 0 Å². The van der Waals surface area contributed by atoms with Gasteiger partial charge in [0, 0.05) is 25.3 Å². The number of hydrogen-bond acceptors (Lipinski definition) is 3. The molecule has 1 saturated carbocycles. The molecule has 1 aliphatic carbocycles. The maximum atomic E-state index is 6.22. The number of rotatable bonds is 6. The van der Waals surface area contributed by atoms with Gasteiger partial charge in [-0.3, -0.25) is 0 Å². The van der Waals surface area contributed by atoms with Crippen LogP contribution in [0.5, 0.6) is 0 Å². The van der Waals surface area contributed by atoms with Gasteiger partial charge in [-0.1, -0.05) is 38.3 Å². The number of aromatic nitrogens is 1. The SMILES string of the molecule is CNCc1cc(N(CC(C)C)C2CCCC2)ncc1Cl. The number of hydrogen-bond donors (Lipinski definition) is 1. The van der Waals surface area contributed by atoms with Crippen molar-refractivity contribution >= 4 is 17.4 Å². The predicted molar refractivity (Wildman–Crippen MR) is 86.5 cm³/mol. The molecule has 1 aliphatic rings. The van der Waals surface area contributed by atoms with Gasteiger partial charge in [-0.2, -0.15) is 0 Å². The fourth-order valence-corrected chi connectivity index (χ4v) is 3.16. The third-order valence-electron chi connectivity index (χ3n) is 3.91. The molecule has 1 N–H and O–H groups in total. The molecular weight excluding hydrogens is 270 g/mol.